The minimum Gasteiger partial charge on any atom is -0.494 e. The number of hydrogen-bond acceptors (Lipinski definition) is 3. The molecule has 0 saturated heterocycles. The van der Waals surface area contributed by atoms with Gasteiger partial charge in [-0.05, 0) is 50.5 Å². The van der Waals surface area contributed by atoms with E-state index in [0.717, 1.165) is 16.9 Å². The summed E-state index contributed by atoms with van der Waals surface area (Å²) >= 11 is 0. The quantitative estimate of drug-likeness (QED) is 0.637. The summed E-state index contributed by atoms with van der Waals surface area (Å²) in [5.41, 5.74) is 2.16. The number of likely N-dealkylation sites (N-methyl/N-ethyl adjacent to an activating group) is 1. The molecule has 0 aliphatic heterocycles. The van der Waals surface area contributed by atoms with Crippen LogP contribution in [0.4, 0.5) is 0 Å². The van der Waals surface area contributed by atoms with Gasteiger partial charge in [0.05, 0.1) is 6.61 Å². The molecule has 1 N–H and O–H groups in total. The summed E-state index contributed by atoms with van der Waals surface area (Å²) < 4.78 is 5.67. The number of rotatable bonds is 10. The molecule has 0 aliphatic rings. The largest absolute Gasteiger partial charge is 0.494 e. The highest BCUT2D eigenvalue weighted by Crippen LogP contribution is 2.15. The van der Waals surface area contributed by atoms with Gasteiger partial charge in [-0.15, -0.1) is 0 Å². The van der Waals surface area contributed by atoms with Crippen molar-refractivity contribution >= 4 is 11.8 Å². The maximum absolute atomic E-state index is 12.9. The lowest BCUT2D eigenvalue weighted by atomic mass is 10.1. The van der Waals surface area contributed by atoms with Crippen LogP contribution in [-0.4, -0.2) is 35.9 Å². The SMILES string of the molecule is CCNC(=O)C(C)N(Cc1ccccc1C)C(=O)CCCOc1ccccc1. The van der Waals surface area contributed by atoms with Gasteiger partial charge in [-0.1, -0.05) is 42.5 Å². The van der Waals surface area contributed by atoms with Crippen molar-refractivity contribution in [2.75, 3.05) is 13.2 Å². The molecular weight excluding hydrogens is 352 g/mol. The Morgan fingerprint density at radius 2 is 1.75 bits per heavy atom. The lowest BCUT2D eigenvalue weighted by Gasteiger charge is -2.29. The van der Waals surface area contributed by atoms with Gasteiger partial charge in [0.25, 0.3) is 0 Å². The Labute approximate surface area is 167 Å². The first-order valence-electron chi connectivity index (χ1n) is 9.82. The van der Waals surface area contributed by atoms with E-state index in [9.17, 15) is 9.59 Å². The van der Waals surface area contributed by atoms with Gasteiger partial charge in [0, 0.05) is 19.5 Å². The second-order valence-electron chi connectivity index (χ2n) is 6.78. The van der Waals surface area contributed by atoms with Crippen molar-refractivity contribution in [2.24, 2.45) is 0 Å². The Morgan fingerprint density at radius 3 is 2.43 bits per heavy atom. The van der Waals surface area contributed by atoms with Crippen molar-refractivity contribution in [3.8, 4) is 5.75 Å². The molecule has 0 spiro atoms. The van der Waals surface area contributed by atoms with E-state index in [0.29, 0.717) is 32.5 Å². The first-order chi connectivity index (χ1) is 13.5. The normalized spacial score (nSPS) is 11.5. The van der Waals surface area contributed by atoms with Crippen LogP contribution in [0.1, 0.15) is 37.8 Å². The summed E-state index contributed by atoms with van der Waals surface area (Å²) in [6, 6.07) is 17.0. The zero-order valence-electron chi connectivity index (χ0n) is 17.0. The monoisotopic (exact) mass is 382 g/mol. The highest BCUT2D eigenvalue weighted by atomic mass is 16.5. The van der Waals surface area contributed by atoms with E-state index in [1.165, 1.54) is 0 Å². The smallest absolute Gasteiger partial charge is 0.242 e. The maximum atomic E-state index is 12.9. The summed E-state index contributed by atoms with van der Waals surface area (Å²) in [5.74, 6) is 0.617. The number of nitrogens with zero attached hydrogens (tertiary/aromatic N) is 1. The Hall–Kier alpha value is -2.82. The van der Waals surface area contributed by atoms with Crippen LogP contribution in [0.15, 0.2) is 54.6 Å². The van der Waals surface area contributed by atoms with E-state index in [4.69, 9.17) is 4.74 Å². The molecule has 0 bridgehead atoms. The number of ether oxygens (including phenoxy) is 1. The van der Waals surface area contributed by atoms with E-state index in [1.807, 2.05) is 68.4 Å². The molecule has 0 radical (unpaired) electrons. The first kappa shape index (κ1) is 21.5. The number of nitrogens with one attached hydrogen (secondary N) is 1. The number of carbonyl (C=O) groups is 2. The van der Waals surface area contributed by atoms with Crippen LogP contribution in [0.5, 0.6) is 5.75 Å². The first-order valence-corrected chi connectivity index (χ1v) is 9.82. The molecule has 1 unspecified atom stereocenters. The van der Waals surface area contributed by atoms with Crippen LogP contribution >= 0.6 is 0 Å². The van der Waals surface area contributed by atoms with Crippen LogP contribution in [0.3, 0.4) is 0 Å². The third-order valence-corrected chi connectivity index (χ3v) is 4.67. The van der Waals surface area contributed by atoms with Gasteiger partial charge >= 0.3 is 0 Å². The number of para-hydroxylation sites is 1. The van der Waals surface area contributed by atoms with E-state index >= 15 is 0 Å². The van der Waals surface area contributed by atoms with Crippen molar-refractivity contribution in [1.29, 1.82) is 0 Å². The predicted octanol–water partition coefficient (Wildman–Crippen LogP) is 3.71. The predicted molar refractivity (Wildman–Crippen MR) is 111 cm³/mol. The standard InChI is InChI=1S/C23H30N2O3/c1-4-24-23(27)19(3)25(17-20-12-9-8-11-18(20)2)22(26)15-10-16-28-21-13-6-5-7-14-21/h5-9,11-14,19H,4,10,15-17H2,1-3H3,(H,24,27). The lowest BCUT2D eigenvalue weighted by molar-refractivity contribution is -0.140. The molecule has 2 rings (SSSR count). The van der Waals surface area contributed by atoms with Gasteiger partial charge in [-0.25, -0.2) is 0 Å². The number of benzene rings is 2. The zero-order chi connectivity index (χ0) is 20.4. The average molecular weight is 383 g/mol. The third-order valence-electron chi connectivity index (χ3n) is 4.67. The second-order valence-corrected chi connectivity index (χ2v) is 6.78. The molecule has 2 aromatic carbocycles. The van der Waals surface area contributed by atoms with Crippen LogP contribution in [0.25, 0.3) is 0 Å². The van der Waals surface area contributed by atoms with Crippen LogP contribution in [0, 0.1) is 6.92 Å². The van der Waals surface area contributed by atoms with Crippen molar-refractivity contribution in [1.82, 2.24) is 10.2 Å². The van der Waals surface area contributed by atoms with E-state index in [2.05, 4.69) is 5.32 Å². The second kappa shape index (κ2) is 11.1. The fourth-order valence-electron chi connectivity index (χ4n) is 2.95. The van der Waals surface area contributed by atoms with Gasteiger partial charge in [0.2, 0.25) is 11.8 Å². The summed E-state index contributed by atoms with van der Waals surface area (Å²) in [6.07, 6.45) is 0.933. The molecule has 0 aromatic heterocycles. The topological polar surface area (TPSA) is 58.6 Å². The van der Waals surface area contributed by atoms with E-state index < -0.39 is 6.04 Å². The number of amides is 2. The fraction of sp³-hybridized carbons (Fsp3) is 0.391. The van der Waals surface area contributed by atoms with Crippen molar-refractivity contribution in [2.45, 2.75) is 46.2 Å². The third kappa shape index (κ3) is 6.41. The minimum absolute atomic E-state index is 0.0429. The van der Waals surface area contributed by atoms with E-state index in [1.54, 1.807) is 11.8 Å². The maximum Gasteiger partial charge on any atom is 0.242 e. The molecule has 1 atom stereocenters. The molecule has 2 amide bonds. The summed E-state index contributed by atoms with van der Waals surface area (Å²) in [7, 11) is 0. The van der Waals surface area contributed by atoms with Gasteiger partial charge in [0.1, 0.15) is 11.8 Å². The molecule has 0 saturated carbocycles. The number of carbonyl (C=O) groups excluding carboxylic acids is 2. The molecule has 0 aliphatic carbocycles. The molecule has 2 aromatic rings. The Kier molecular flexibility index (Phi) is 8.53. The van der Waals surface area contributed by atoms with Crippen LogP contribution in [0.2, 0.25) is 0 Å². The van der Waals surface area contributed by atoms with Crippen LogP contribution < -0.4 is 10.1 Å². The van der Waals surface area contributed by atoms with Gasteiger partial charge in [-0.3, -0.25) is 9.59 Å². The Bertz CT molecular complexity index is 761. The minimum atomic E-state index is -0.526. The van der Waals surface area contributed by atoms with Gasteiger partial charge < -0.3 is 15.0 Å². The lowest BCUT2D eigenvalue weighted by Crippen LogP contribution is -2.47. The van der Waals surface area contributed by atoms with Crippen LogP contribution in [-0.2, 0) is 16.1 Å². The summed E-state index contributed by atoms with van der Waals surface area (Å²) in [5, 5.41) is 2.81. The summed E-state index contributed by atoms with van der Waals surface area (Å²) in [6.45, 7) is 7.09. The highest BCUT2D eigenvalue weighted by molar-refractivity contribution is 5.87. The molecular formula is C23H30N2O3. The number of hydrogen-bond donors (Lipinski definition) is 1. The van der Waals surface area contributed by atoms with Crippen molar-refractivity contribution in [3.63, 3.8) is 0 Å². The van der Waals surface area contributed by atoms with Gasteiger partial charge in [0.15, 0.2) is 0 Å². The molecule has 0 heterocycles. The molecule has 5 nitrogen and oxygen atoms in total. The number of aryl methyl sites for hydroxylation is 1. The molecule has 0 fully saturated rings. The average Bonchev–Trinajstić information content (AvgIpc) is 2.71. The molecule has 5 heteroatoms. The Balaban J connectivity index is 1.99. The molecule has 150 valence electrons. The zero-order valence-corrected chi connectivity index (χ0v) is 17.0. The highest BCUT2D eigenvalue weighted by Gasteiger charge is 2.25. The summed E-state index contributed by atoms with van der Waals surface area (Å²) in [4.78, 5) is 26.9. The van der Waals surface area contributed by atoms with Gasteiger partial charge in [-0.2, -0.15) is 0 Å². The fourth-order valence-corrected chi connectivity index (χ4v) is 2.95. The molecule has 28 heavy (non-hydrogen) atoms. The van der Waals surface area contributed by atoms with Crippen molar-refractivity contribution in [3.05, 3.63) is 65.7 Å². The Morgan fingerprint density at radius 1 is 1.07 bits per heavy atom. The van der Waals surface area contributed by atoms with Crippen molar-refractivity contribution < 1.29 is 14.3 Å². The van der Waals surface area contributed by atoms with E-state index in [-0.39, 0.29) is 11.8 Å².